The van der Waals surface area contributed by atoms with Crippen LogP contribution in [0.5, 0.6) is 0 Å². The van der Waals surface area contributed by atoms with Gasteiger partial charge in [0.15, 0.2) is 0 Å². The van der Waals surface area contributed by atoms with Crippen LogP contribution in [0, 0.1) is 0 Å². The number of unbranched alkanes of at least 4 members (excludes halogenated alkanes) is 19. The molecule has 0 fully saturated rings. The van der Waals surface area contributed by atoms with Crippen molar-refractivity contribution in [1.82, 2.24) is 4.90 Å². The summed E-state index contributed by atoms with van der Waals surface area (Å²) in [5.74, 6) is -0.703. The van der Waals surface area contributed by atoms with Crippen molar-refractivity contribution >= 4 is 5.97 Å². The van der Waals surface area contributed by atoms with Gasteiger partial charge in [-0.2, -0.15) is 0 Å². The zero-order chi connectivity index (χ0) is 22.5. The predicted molar refractivity (Wildman–Crippen MR) is 132 cm³/mol. The van der Waals surface area contributed by atoms with E-state index in [2.05, 4.69) is 6.92 Å². The second kappa shape index (κ2) is 20.3. The molecule has 0 bridgehead atoms. The van der Waals surface area contributed by atoms with Gasteiger partial charge in [-0.1, -0.05) is 135 Å². The van der Waals surface area contributed by atoms with Crippen molar-refractivity contribution in [2.24, 2.45) is 0 Å². The minimum Gasteiger partial charge on any atom is -0.480 e. The smallest absolute Gasteiger partial charge is 0.323 e. The lowest BCUT2D eigenvalue weighted by molar-refractivity contribution is -0.149. The standard InChI is InChI=1S/C27H55NO2/c1-5-6-7-8-9-10-11-12-13-14-15-16-17-18-19-20-21-22-23-24-25-27(2,26(29)30)28(3)4/h5-25H2,1-4H3,(H,29,30). The molecule has 0 spiro atoms. The zero-order valence-electron chi connectivity index (χ0n) is 21.2. The molecule has 30 heavy (non-hydrogen) atoms. The van der Waals surface area contributed by atoms with Gasteiger partial charge in [0.1, 0.15) is 5.54 Å². The normalized spacial score (nSPS) is 13.6. The third kappa shape index (κ3) is 16.2. The lowest BCUT2D eigenvalue weighted by atomic mass is 9.92. The molecule has 1 atom stereocenters. The van der Waals surface area contributed by atoms with Crippen molar-refractivity contribution in [1.29, 1.82) is 0 Å². The molecular weight excluding hydrogens is 370 g/mol. The first-order valence-corrected chi connectivity index (χ1v) is 13.4. The van der Waals surface area contributed by atoms with Crippen molar-refractivity contribution in [2.75, 3.05) is 14.1 Å². The molecule has 0 aliphatic heterocycles. The second-order valence-corrected chi connectivity index (χ2v) is 9.94. The van der Waals surface area contributed by atoms with Gasteiger partial charge in [-0.05, 0) is 27.4 Å². The van der Waals surface area contributed by atoms with Crippen LogP contribution in [-0.2, 0) is 4.79 Å². The summed E-state index contributed by atoms with van der Waals surface area (Å²) in [5, 5.41) is 9.42. The van der Waals surface area contributed by atoms with E-state index < -0.39 is 11.5 Å². The molecule has 180 valence electrons. The summed E-state index contributed by atoms with van der Waals surface area (Å²) in [7, 11) is 3.73. The summed E-state index contributed by atoms with van der Waals surface area (Å²) >= 11 is 0. The van der Waals surface area contributed by atoms with E-state index in [-0.39, 0.29) is 0 Å². The summed E-state index contributed by atoms with van der Waals surface area (Å²) < 4.78 is 0. The average molecular weight is 426 g/mol. The largest absolute Gasteiger partial charge is 0.480 e. The van der Waals surface area contributed by atoms with E-state index in [0.717, 1.165) is 19.3 Å². The number of aliphatic carboxylic acids is 1. The molecular formula is C27H55NO2. The molecule has 0 amide bonds. The first-order valence-electron chi connectivity index (χ1n) is 13.4. The van der Waals surface area contributed by atoms with Crippen molar-refractivity contribution in [3.63, 3.8) is 0 Å². The van der Waals surface area contributed by atoms with Crippen molar-refractivity contribution in [2.45, 2.75) is 154 Å². The Balaban J connectivity index is 3.26. The highest BCUT2D eigenvalue weighted by Gasteiger charge is 2.34. The Bertz CT molecular complexity index is 383. The van der Waals surface area contributed by atoms with Crippen LogP contribution in [-0.4, -0.2) is 35.6 Å². The number of carbonyl (C=O) groups is 1. The molecule has 0 heterocycles. The third-order valence-electron chi connectivity index (χ3n) is 6.96. The highest BCUT2D eigenvalue weighted by Crippen LogP contribution is 2.21. The van der Waals surface area contributed by atoms with Crippen LogP contribution in [0.3, 0.4) is 0 Å². The maximum absolute atomic E-state index is 11.5. The number of nitrogens with zero attached hydrogens (tertiary/aromatic N) is 1. The van der Waals surface area contributed by atoms with E-state index in [9.17, 15) is 9.90 Å². The number of hydrogen-bond donors (Lipinski definition) is 1. The highest BCUT2D eigenvalue weighted by atomic mass is 16.4. The molecule has 1 N–H and O–H groups in total. The van der Waals surface area contributed by atoms with Gasteiger partial charge in [0.25, 0.3) is 0 Å². The Labute approximate surface area is 189 Å². The molecule has 0 radical (unpaired) electrons. The molecule has 0 rings (SSSR count). The number of hydrogen-bond acceptors (Lipinski definition) is 2. The van der Waals surface area contributed by atoms with Crippen LogP contribution >= 0.6 is 0 Å². The minimum atomic E-state index is -0.714. The average Bonchev–Trinajstić information content (AvgIpc) is 2.71. The number of carboxylic acid groups (broad SMARTS) is 1. The Hall–Kier alpha value is -0.570. The molecule has 3 heteroatoms. The topological polar surface area (TPSA) is 40.5 Å². The van der Waals surface area contributed by atoms with Gasteiger partial charge in [0.05, 0.1) is 0 Å². The van der Waals surface area contributed by atoms with Gasteiger partial charge >= 0.3 is 5.97 Å². The van der Waals surface area contributed by atoms with Crippen molar-refractivity contribution in [3.05, 3.63) is 0 Å². The quantitative estimate of drug-likeness (QED) is 0.167. The van der Waals surface area contributed by atoms with Gasteiger partial charge in [-0.25, -0.2) is 0 Å². The fourth-order valence-electron chi connectivity index (χ4n) is 4.25. The first kappa shape index (κ1) is 29.4. The predicted octanol–water partition coefficient (Wildman–Crippen LogP) is 8.60. The van der Waals surface area contributed by atoms with E-state index in [1.165, 1.54) is 116 Å². The Morgan fingerprint density at radius 1 is 0.600 bits per heavy atom. The molecule has 0 aromatic rings. The van der Waals surface area contributed by atoms with Crippen LogP contribution in [0.2, 0.25) is 0 Å². The maximum Gasteiger partial charge on any atom is 0.323 e. The summed E-state index contributed by atoms with van der Waals surface area (Å²) in [6.07, 6.45) is 28.3. The Morgan fingerprint density at radius 2 is 0.867 bits per heavy atom. The first-order chi connectivity index (χ1) is 14.4. The Kier molecular flexibility index (Phi) is 20.0. The maximum atomic E-state index is 11.5. The number of likely N-dealkylation sites (N-methyl/N-ethyl adjacent to an activating group) is 1. The summed E-state index contributed by atoms with van der Waals surface area (Å²) in [5.41, 5.74) is -0.714. The van der Waals surface area contributed by atoms with Crippen LogP contribution in [0.4, 0.5) is 0 Å². The molecule has 0 aliphatic rings. The fraction of sp³-hybridized carbons (Fsp3) is 0.963. The van der Waals surface area contributed by atoms with Gasteiger partial charge in [0.2, 0.25) is 0 Å². The molecule has 0 aromatic heterocycles. The summed E-state index contributed by atoms with van der Waals surface area (Å²) in [6, 6.07) is 0. The minimum absolute atomic E-state index is 0.703. The number of rotatable bonds is 23. The lowest BCUT2D eigenvalue weighted by Gasteiger charge is -2.32. The molecule has 0 saturated heterocycles. The summed E-state index contributed by atoms with van der Waals surface area (Å²) in [6.45, 7) is 4.13. The molecule has 1 unspecified atom stereocenters. The van der Waals surface area contributed by atoms with E-state index in [4.69, 9.17) is 0 Å². The van der Waals surface area contributed by atoms with Gasteiger partial charge in [-0.15, -0.1) is 0 Å². The molecule has 0 saturated carbocycles. The van der Waals surface area contributed by atoms with Crippen LogP contribution in [0.1, 0.15) is 149 Å². The SMILES string of the molecule is CCCCCCCCCCCCCCCCCCCCCCC(C)(C(=O)O)N(C)C. The Morgan fingerprint density at radius 3 is 1.10 bits per heavy atom. The van der Waals surface area contributed by atoms with E-state index >= 15 is 0 Å². The van der Waals surface area contributed by atoms with Crippen LogP contribution in [0.25, 0.3) is 0 Å². The van der Waals surface area contributed by atoms with Gasteiger partial charge < -0.3 is 5.11 Å². The van der Waals surface area contributed by atoms with Crippen molar-refractivity contribution < 1.29 is 9.90 Å². The van der Waals surface area contributed by atoms with E-state index in [0.29, 0.717) is 0 Å². The highest BCUT2D eigenvalue weighted by molar-refractivity contribution is 5.78. The second-order valence-electron chi connectivity index (χ2n) is 9.94. The number of carboxylic acids is 1. The zero-order valence-corrected chi connectivity index (χ0v) is 21.2. The van der Waals surface area contributed by atoms with E-state index in [1.54, 1.807) is 0 Å². The van der Waals surface area contributed by atoms with Crippen LogP contribution in [0.15, 0.2) is 0 Å². The third-order valence-corrected chi connectivity index (χ3v) is 6.96. The van der Waals surface area contributed by atoms with Crippen LogP contribution < -0.4 is 0 Å². The molecule has 3 nitrogen and oxygen atoms in total. The van der Waals surface area contributed by atoms with E-state index in [1.807, 2.05) is 25.9 Å². The molecule has 0 aliphatic carbocycles. The molecule has 0 aromatic carbocycles. The van der Waals surface area contributed by atoms with Gasteiger partial charge in [0, 0.05) is 0 Å². The fourth-order valence-corrected chi connectivity index (χ4v) is 4.25. The van der Waals surface area contributed by atoms with Gasteiger partial charge in [-0.3, -0.25) is 9.69 Å². The summed E-state index contributed by atoms with van der Waals surface area (Å²) in [4.78, 5) is 13.3. The monoisotopic (exact) mass is 425 g/mol. The van der Waals surface area contributed by atoms with Crippen molar-refractivity contribution in [3.8, 4) is 0 Å². The lowest BCUT2D eigenvalue weighted by Crippen LogP contribution is -2.48.